The van der Waals surface area contributed by atoms with E-state index in [1.807, 2.05) is 25.1 Å². The minimum atomic E-state index is -0.443. The minimum absolute atomic E-state index is 0.205. The summed E-state index contributed by atoms with van der Waals surface area (Å²) in [7, 11) is 1.51. The van der Waals surface area contributed by atoms with Gasteiger partial charge in [0.1, 0.15) is 26.2 Å². The lowest BCUT2D eigenvalue weighted by molar-refractivity contribution is -1.02. The van der Waals surface area contributed by atoms with Crippen molar-refractivity contribution in [2.24, 2.45) is 0 Å². The van der Waals surface area contributed by atoms with Crippen molar-refractivity contribution >= 4 is 18.0 Å². The Balaban J connectivity index is 1.73. The van der Waals surface area contributed by atoms with Crippen LogP contribution in [0.2, 0.25) is 0 Å². The van der Waals surface area contributed by atoms with Crippen molar-refractivity contribution in [2.75, 3.05) is 39.8 Å². The standard InChI is InChI=1S/C18H26N4O2/c1-15(17(23)20-18(24)19-2)22-13-11-21(12-14-22)10-6-9-16-7-4-3-5-8-16/h3-9,15H,10-14H2,1-2H3,(H2,19,20,23,24)/p+2/b9-6+/t15-/m1/s1. The number of rotatable bonds is 5. The topological polar surface area (TPSA) is 67.1 Å². The molecule has 6 heteroatoms. The zero-order valence-corrected chi connectivity index (χ0v) is 14.5. The molecule has 130 valence electrons. The largest absolute Gasteiger partial charge is 0.341 e. The second kappa shape index (κ2) is 9.20. The molecule has 6 nitrogen and oxygen atoms in total. The number of amides is 3. The highest BCUT2D eigenvalue weighted by Crippen LogP contribution is 1.99. The summed E-state index contributed by atoms with van der Waals surface area (Å²) in [6.07, 6.45) is 4.38. The van der Waals surface area contributed by atoms with Crippen LogP contribution in [-0.2, 0) is 4.79 Å². The molecule has 0 aromatic heterocycles. The van der Waals surface area contributed by atoms with Crippen LogP contribution in [0, 0.1) is 0 Å². The first-order valence-electron chi connectivity index (χ1n) is 8.52. The van der Waals surface area contributed by atoms with Crippen molar-refractivity contribution in [1.82, 2.24) is 10.6 Å². The van der Waals surface area contributed by atoms with Crippen molar-refractivity contribution in [3.05, 3.63) is 42.0 Å². The zero-order valence-electron chi connectivity index (χ0n) is 14.5. The number of piperazine rings is 1. The van der Waals surface area contributed by atoms with E-state index in [-0.39, 0.29) is 11.9 Å². The van der Waals surface area contributed by atoms with E-state index >= 15 is 0 Å². The summed E-state index contributed by atoms with van der Waals surface area (Å²) in [5.41, 5.74) is 1.22. The Labute approximate surface area is 143 Å². The molecule has 0 bridgehead atoms. The van der Waals surface area contributed by atoms with Crippen LogP contribution in [0.25, 0.3) is 6.08 Å². The summed E-state index contributed by atoms with van der Waals surface area (Å²) in [4.78, 5) is 26.0. The molecule has 0 saturated carbocycles. The average Bonchev–Trinajstić information content (AvgIpc) is 2.62. The van der Waals surface area contributed by atoms with Crippen molar-refractivity contribution < 1.29 is 19.4 Å². The van der Waals surface area contributed by atoms with E-state index in [4.69, 9.17) is 0 Å². The lowest BCUT2D eigenvalue weighted by Gasteiger charge is -2.32. The van der Waals surface area contributed by atoms with E-state index < -0.39 is 6.03 Å². The van der Waals surface area contributed by atoms with E-state index in [0.717, 1.165) is 32.7 Å². The molecule has 2 rings (SSSR count). The van der Waals surface area contributed by atoms with Gasteiger partial charge in [0.05, 0.1) is 6.54 Å². The van der Waals surface area contributed by atoms with Crippen LogP contribution in [0.15, 0.2) is 36.4 Å². The fourth-order valence-electron chi connectivity index (χ4n) is 2.96. The summed E-state index contributed by atoms with van der Waals surface area (Å²) in [5.74, 6) is -0.211. The summed E-state index contributed by atoms with van der Waals surface area (Å²) in [6.45, 7) is 6.83. The molecule has 1 aromatic rings. The molecule has 1 aliphatic heterocycles. The Hall–Kier alpha value is -2.18. The maximum atomic E-state index is 12.0. The number of nitrogens with one attached hydrogen (secondary N) is 4. The van der Waals surface area contributed by atoms with E-state index in [9.17, 15) is 9.59 Å². The maximum Gasteiger partial charge on any atom is 0.321 e. The summed E-state index contributed by atoms with van der Waals surface area (Å²) in [5, 5.41) is 4.77. The predicted molar refractivity (Wildman–Crippen MR) is 93.8 cm³/mol. The lowest BCUT2D eigenvalue weighted by atomic mass is 10.2. The average molecular weight is 332 g/mol. The fraction of sp³-hybridized carbons (Fsp3) is 0.444. The van der Waals surface area contributed by atoms with Gasteiger partial charge in [-0.25, -0.2) is 4.79 Å². The van der Waals surface area contributed by atoms with Gasteiger partial charge in [0.25, 0.3) is 5.91 Å². The first-order chi connectivity index (χ1) is 11.6. The van der Waals surface area contributed by atoms with Crippen LogP contribution in [0.5, 0.6) is 0 Å². The number of quaternary nitrogens is 2. The van der Waals surface area contributed by atoms with E-state index in [1.54, 1.807) is 0 Å². The van der Waals surface area contributed by atoms with Gasteiger partial charge in [-0.2, -0.15) is 0 Å². The number of imide groups is 1. The molecule has 0 spiro atoms. The van der Waals surface area contributed by atoms with Crippen LogP contribution >= 0.6 is 0 Å². The third-order valence-corrected chi connectivity index (χ3v) is 4.59. The number of carbonyl (C=O) groups excluding carboxylic acids is 2. The molecule has 0 unspecified atom stereocenters. The second-order valence-electron chi connectivity index (χ2n) is 6.22. The molecule has 0 radical (unpaired) electrons. The smallest absolute Gasteiger partial charge is 0.321 e. The fourth-order valence-corrected chi connectivity index (χ4v) is 2.96. The zero-order chi connectivity index (χ0) is 17.4. The van der Waals surface area contributed by atoms with Crippen LogP contribution in [-0.4, -0.2) is 57.8 Å². The van der Waals surface area contributed by atoms with Crippen LogP contribution in [0.4, 0.5) is 4.79 Å². The molecule has 3 amide bonds. The molecule has 1 atom stereocenters. The molecule has 4 N–H and O–H groups in total. The third kappa shape index (κ3) is 5.47. The van der Waals surface area contributed by atoms with Crippen molar-refractivity contribution in [2.45, 2.75) is 13.0 Å². The van der Waals surface area contributed by atoms with Gasteiger partial charge in [-0.05, 0) is 18.6 Å². The third-order valence-electron chi connectivity index (χ3n) is 4.59. The predicted octanol–water partition coefficient (Wildman–Crippen LogP) is -1.67. The Morgan fingerprint density at radius 2 is 1.83 bits per heavy atom. The van der Waals surface area contributed by atoms with Gasteiger partial charge >= 0.3 is 6.03 Å². The van der Waals surface area contributed by atoms with Crippen LogP contribution < -0.4 is 20.4 Å². The maximum absolute atomic E-state index is 12.0. The Bertz CT molecular complexity index is 566. The molecule has 1 aliphatic rings. The molecule has 1 heterocycles. The highest BCUT2D eigenvalue weighted by atomic mass is 16.2. The Morgan fingerprint density at radius 3 is 2.46 bits per heavy atom. The van der Waals surface area contributed by atoms with Crippen molar-refractivity contribution in [3.8, 4) is 0 Å². The normalized spacial score (nSPS) is 22.1. The molecule has 1 saturated heterocycles. The SMILES string of the molecule is CNC(=O)NC(=O)[C@@H](C)[NH+]1CC[NH+](C/C=C/c2ccccc2)CC1. The van der Waals surface area contributed by atoms with E-state index in [2.05, 4.69) is 34.9 Å². The summed E-state index contributed by atoms with van der Waals surface area (Å²) in [6, 6.07) is 9.65. The van der Waals surface area contributed by atoms with Crippen molar-refractivity contribution in [1.29, 1.82) is 0 Å². The Morgan fingerprint density at radius 1 is 1.17 bits per heavy atom. The van der Waals surface area contributed by atoms with E-state index in [1.165, 1.54) is 22.4 Å². The highest BCUT2D eigenvalue weighted by Gasteiger charge is 2.31. The van der Waals surface area contributed by atoms with Crippen LogP contribution in [0.1, 0.15) is 12.5 Å². The number of benzene rings is 1. The number of carbonyl (C=O) groups is 2. The highest BCUT2D eigenvalue weighted by molar-refractivity contribution is 5.96. The van der Waals surface area contributed by atoms with Gasteiger partial charge < -0.3 is 15.1 Å². The molecule has 24 heavy (non-hydrogen) atoms. The molecule has 1 aromatic carbocycles. The van der Waals surface area contributed by atoms with Gasteiger partial charge in [0, 0.05) is 7.05 Å². The quantitative estimate of drug-likeness (QED) is 0.521. The molecule has 0 aliphatic carbocycles. The van der Waals surface area contributed by atoms with Crippen molar-refractivity contribution in [3.63, 3.8) is 0 Å². The minimum Gasteiger partial charge on any atom is -0.341 e. The first-order valence-corrected chi connectivity index (χ1v) is 8.52. The monoisotopic (exact) mass is 332 g/mol. The van der Waals surface area contributed by atoms with Gasteiger partial charge in [0.15, 0.2) is 6.04 Å². The Kier molecular flexibility index (Phi) is 6.96. The van der Waals surface area contributed by atoms with Gasteiger partial charge in [0.2, 0.25) is 0 Å². The summed E-state index contributed by atoms with van der Waals surface area (Å²) < 4.78 is 0. The van der Waals surface area contributed by atoms with E-state index in [0.29, 0.717) is 0 Å². The van der Waals surface area contributed by atoms with Crippen LogP contribution in [0.3, 0.4) is 0 Å². The number of hydrogen-bond acceptors (Lipinski definition) is 2. The first kappa shape index (κ1) is 18.2. The lowest BCUT2D eigenvalue weighted by Crippen LogP contribution is -3.30. The number of urea groups is 1. The second-order valence-corrected chi connectivity index (χ2v) is 6.22. The van der Waals surface area contributed by atoms with Gasteiger partial charge in [-0.15, -0.1) is 0 Å². The number of hydrogen-bond donors (Lipinski definition) is 4. The van der Waals surface area contributed by atoms with Gasteiger partial charge in [-0.1, -0.05) is 36.4 Å². The summed E-state index contributed by atoms with van der Waals surface area (Å²) >= 11 is 0. The molecular formula is C18H28N4O2+2. The molecule has 1 fully saturated rings. The van der Waals surface area contributed by atoms with Gasteiger partial charge in [-0.3, -0.25) is 10.1 Å². The molecular weight excluding hydrogens is 304 g/mol.